The van der Waals surface area contributed by atoms with Gasteiger partial charge in [0.25, 0.3) is 0 Å². The molecular formula is C15H30N2. The van der Waals surface area contributed by atoms with Gasteiger partial charge in [0, 0.05) is 18.6 Å². The highest BCUT2D eigenvalue weighted by Gasteiger charge is 2.17. The lowest BCUT2D eigenvalue weighted by Gasteiger charge is -2.22. The average Bonchev–Trinajstić information content (AvgIpc) is 2.69. The lowest BCUT2D eigenvalue weighted by Crippen LogP contribution is -2.42. The van der Waals surface area contributed by atoms with E-state index in [2.05, 4.69) is 17.6 Å². The van der Waals surface area contributed by atoms with Crippen LogP contribution in [-0.2, 0) is 0 Å². The molecule has 0 amide bonds. The molecule has 1 aliphatic heterocycles. The molecule has 1 aliphatic carbocycles. The molecule has 3 unspecified atom stereocenters. The minimum atomic E-state index is 0.734. The van der Waals surface area contributed by atoms with Crippen molar-refractivity contribution in [1.29, 1.82) is 0 Å². The number of hydrogen-bond donors (Lipinski definition) is 2. The second-order valence-corrected chi connectivity index (χ2v) is 6.22. The van der Waals surface area contributed by atoms with Gasteiger partial charge in [-0.3, -0.25) is 0 Å². The van der Waals surface area contributed by atoms with Gasteiger partial charge in [0.05, 0.1) is 0 Å². The zero-order valence-corrected chi connectivity index (χ0v) is 11.5. The van der Waals surface area contributed by atoms with Crippen LogP contribution in [-0.4, -0.2) is 25.2 Å². The number of hydrogen-bond acceptors (Lipinski definition) is 2. The second kappa shape index (κ2) is 7.38. The van der Waals surface area contributed by atoms with E-state index < -0.39 is 0 Å². The summed E-state index contributed by atoms with van der Waals surface area (Å²) in [6.45, 7) is 4.84. The third kappa shape index (κ3) is 4.97. The van der Waals surface area contributed by atoms with Crippen LogP contribution in [0.2, 0.25) is 0 Å². The van der Waals surface area contributed by atoms with Crippen LogP contribution in [0.5, 0.6) is 0 Å². The first-order valence-electron chi connectivity index (χ1n) is 7.81. The van der Waals surface area contributed by atoms with E-state index in [-0.39, 0.29) is 0 Å². The van der Waals surface area contributed by atoms with E-state index in [0.717, 1.165) is 18.0 Å². The fourth-order valence-corrected chi connectivity index (χ4v) is 3.28. The molecule has 2 nitrogen and oxygen atoms in total. The standard InChI is InChI=1S/C15H30N2/c1-13-6-5-8-14(10-9-13)17-12-15-7-3-2-4-11-16-15/h13-17H,2-12H2,1H3. The van der Waals surface area contributed by atoms with Crippen LogP contribution < -0.4 is 10.6 Å². The summed E-state index contributed by atoms with van der Waals surface area (Å²) in [7, 11) is 0. The molecule has 0 bridgehead atoms. The summed E-state index contributed by atoms with van der Waals surface area (Å²) in [5, 5.41) is 7.50. The number of rotatable bonds is 3. The van der Waals surface area contributed by atoms with Crippen molar-refractivity contribution in [2.24, 2.45) is 5.92 Å². The van der Waals surface area contributed by atoms with Crippen LogP contribution in [0.15, 0.2) is 0 Å². The van der Waals surface area contributed by atoms with Crippen molar-refractivity contribution in [2.75, 3.05) is 13.1 Å². The molecule has 2 rings (SSSR count). The smallest absolute Gasteiger partial charge is 0.0192 e. The van der Waals surface area contributed by atoms with Gasteiger partial charge in [-0.1, -0.05) is 32.6 Å². The molecule has 1 saturated carbocycles. The molecule has 3 atom stereocenters. The van der Waals surface area contributed by atoms with Crippen LogP contribution in [0, 0.1) is 5.92 Å². The highest BCUT2D eigenvalue weighted by Crippen LogP contribution is 2.22. The monoisotopic (exact) mass is 238 g/mol. The highest BCUT2D eigenvalue weighted by atomic mass is 15.0. The lowest BCUT2D eigenvalue weighted by atomic mass is 10.0. The molecule has 0 aromatic rings. The summed E-state index contributed by atoms with van der Waals surface area (Å²) in [4.78, 5) is 0. The maximum atomic E-state index is 3.82. The van der Waals surface area contributed by atoms with Crippen molar-refractivity contribution in [3.05, 3.63) is 0 Å². The molecule has 0 aromatic carbocycles. The molecule has 17 heavy (non-hydrogen) atoms. The second-order valence-electron chi connectivity index (χ2n) is 6.22. The maximum Gasteiger partial charge on any atom is 0.0192 e. The molecule has 2 heteroatoms. The lowest BCUT2D eigenvalue weighted by molar-refractivity contribution is 0.398. The van der Waals surface area contributed by atoms with E-state index >= 15 is 0 Å². The van der Waals surface area contributed by atoms with Crippen LogP contribution >= 0.6 is 0 Å². The zero-order chi connectivity index (χ0) is 11.9. The van der Waals surface area contributed by atoms with E-state index in [4.69, 9.17) is 0 Å². The summed E-state index contributed by atoms with van der Waals surface area (Å²) in [6.07, 6.45) is 12.7. The van der Waals surface area contributed by atoms with Gasteiger partial charge in [0.1, 0.15) is 0 Å². The van der Waals surface area contributed by atoms with E-state index in [0.29, 0.717) is 0 Å². The Morgan fingerprint density at radius 1 is 0.941 bits per heavy atom. The predicted molar refractivity (Wildman–Crippen MR) is 74.3 cm³/mol. The quantitative estimate of drug-likeness (QED) is 0.738. The third-order valence-electron chi connectivity index (χ3n) is 4.57. The Labute approximate surface area is 107 Å². The van der Waals surface area contributed by atoms with E-state index in [1.165, 1.54) is 70.9 Å². The third-order valence-corrected chi connectivity index (χ3v) is 4.57. The van der Waals surface area contributed by atoms with E-state index in [9.17, 15) is 0 Å². The molecule has 1 saturated heterocycles. The highest BCUT2D eigenvalue weighted by molar-refractivity contribution is 4.78. The molecule has 2 fully saturated rings. The van der Waals surface area contributed by atoms with Crippen molar-refractivity contribution < 1.29 is 0 Å². The van der Waals surface area contributed by atoms with Crippen LogP contribution in [0.25, 0.3) is 0 Å². The van der Waals surface area contributed by atoms with Gasteiger partial charge in [-0.2, -0.15) is 0 Å². The predicted octanol–water partition coefficient (Wildman–Crippen LogP) is 3.08. The van der Waals surface area contributed by atoms with Crippen molar-refractivity contribution in [2.45, 2.75) is 76.8 Å². The molecular weight excluding hydrogens is 208 g/mol. The van der Waals surface area contributed by atoms with Gasteiger partial charge in [0.15, 0.2) is 0 Å². The Hall–Kier alpha value is -0.0800. The fourth-order valence-electron chi connectivity index (χ4n) is 3.28. The van der Waals surface area contributed by atoms with Crippen molar-refractivity contribution in [3.63, 3.8) is 0 Å². The molecule has 0 aromatic heterocycles. The Kier molecular flexibility index (Phi) is 5.79. The Balaban J connectivity index is 1.66. The first kappa shape index (κ1) is 13.4. The van der Waals surface area contributed by atoms with Crippen molar-refractivity contribution >= 4 is 0 Å². The largest absolute Gasteiger partial charge is 0.313 e. The Morgan fingerprint density at radius 2 is 1.88 bits per heavy atom. The fraction of sp³-hybridized carbons (Fsp3) is 1.00. The molecule has 100 valence electrons. The molecule has 2 N–H and O–H groups in total. The van der Waals surface area contributed by atoms with Crippen LogP contribution in [0.3, 0.4) is 0 Å². The van der Waals surface area contributed by atoms with Gasteiger partial charge in [-0.25, -0.2) is 0 Å². The Morgan fingerprint density at radius 3 is 2.82 bits per heavy atom. The normalized spacial score (nSPS) is 36.2. The number of nitrogens with one attached hydrogen (secondary N) is 2. The van der Waals surface area contributed by atoms with Crippen LogP contribution in [0.1, 0.15) is 64.7 Å². The van der Waals surface area contributed by atoms with Crippen molar-refractivity contribution in [3.8, 4) is 0 Å². The molecule has 0 spiro atoms. The summed E-state index contributed by atoms with van der Waals surface area (Å²) >= 11 is 0. The average molecular weight is 238 g/mol. The molecule has 1 heterocycles. The first-order valence-corrected chi connectivity index (χ1v) is 7.81. The van der Waals surface area contributed by atoms with E-state index in [1.807, 2.05) is 0 Å². The minimum absolute atomic E-state index is 0.734. The van der Waals surface area contributed by atoms with E-state index in [1.54, 1.807) is 0 Å². The van der Waals surface area contributed by atoms with Gasteiger partial charge in [-0.15, -0.1) is 0 Å². The van der Waals surface area contributed by atoms with Gasteiger partial charge >= 0.3 is 0 Å². The Bertz CT molecular complexity index is 197. The van der Waals surface area contributed by atoms with Crippen LogP contribution in [0.4, 0.5) is 0 Å². The summed E-state index contributed by atoms with van der Waals surface area (Å²) in [5.74, 6) is 0.956. The summed E-state index contributed by atoms with van der Waals surface area (Å²) < 4.78 is 0. The van der Waals surface area contributed by atoms with Gasteiger partial charge in [0.2, 0.25) is 0 Å². The molecule has 2 aliphatic rings. The van der Waals surface area contributed by atoms with Gasteiger partial charge in [-0.05, 0) is 44.6 Å². The first-order chi connectivity index (χ1) is 8.34. The maximum absolute atomic E-state index is 3.82. The van der Waals surface area contributed by atoms with Crippen molar-refractivity contribution in [1.82, 2.24) is 10.6 Å². The summed E-state index contributed by atoms with van der Waals surface area (Å²) in [5.41, 5.74) is 0. The van der Waals surface area contributed by atoms with Gasteiger partial charge < -0.3 is 10.6 Å². The zero-order valence-electron chi connectivity index (χ0n) is 11.5. The SMILES string of the molecule is CC1CCCC(NCC2CCCCCN2)CC1. The molecule has 0 radical (unpaired) electrons. The topological polar surface area (TPSA) is 24.1 Å². The minimum Gasteiger partial charge on any atom is -0.313 e. The summed E-state index contributed by atoms with van der Waals surface area (Å²) in [6, 6.07) is 1.53.